The summed E-state index contributed by atoms with van der Waals surface area (Å²) in [6.07, 6.45) is 6.99. The molecule has 128 valence electrons. The summed E-state index contributed by atoms with van der Waals surface area (Å²) in [6, 6.07) is 5.39. The van der Waals surface area contributed by atoms with Gasteiger partial charge in [0.15, 0.2) is 0 Å². The molecule has 2 aromatic heterocycles. The van der Waals surface area contributed by atoms with E-state index in [0.717, 1.165) is 5.56 Å². The second-order valence-corrected chi connectivity index (χ2v) is 6.49. The number of nitrogens with zero attached hydrogens (tertiary/aromatic N) is 4. The average Bonchev–Trinajstić information content (AvgIpc) is 3.11. The number of amides is 1. The van der Waals surface area contributed by atoms with Crippen molar-refractivity contribution in [3.8, 4) is 0 Å². The van der Waals surface area contributed by atoms with Gasteiger partial charge in [-0.1, -0.05) is 13.0 Å². The van der Waals surface area contributed by atoms with Gasteiger partial charge in [0.05, 0.1) is 5.69 Å². The predicted molar refractivity (Wildman–Crippen MR) is 90.2 cm³/mol. The van der Waals surface area contributed by atoms with Crippen LogP contribution in [0.5, 0.6) is 0 Å². The van der Waals surface area contributed by atoms with Crippen LogP contribution in [0.25, 0.3) is 0 Å². The largest absolute Gasteiger partial charge is 0.383 e. The van der Waals surface area contributed by atoms with Crippen LogP contribution in [-0.4, -0.2) is 43.8 Å². The molecule has 1 N–H and O–H groups in total. The molecule has 6 nitrogen and oxygen atoms in total. The van der Waals surface area contributed by atoms with E-state index >= 15 is 0 Å². The van der Waals surface area contributed by atoms with Crippen LogP contribution in [0.2, 0.25) is 0 Å². The topological polar surface area (TPSA) is 71.2 Å². The minimum Gasteiger partial charge on any atom is -0.383 e. The van der Waals surface area contributed by atoms with Gasteiger partial charge in [0.25, 0.3) is 0 Å². The Hall–Kier alpha value is -2.21. The molecule has 0 bridgehead atoms. The summed E-state index contributed by atoms with van der Waals surface area (Å²) in [5.74, 6) is 0.0696. The predicted octanol–water partition coefficient (Wildman–Crippen LogP) is 2.05. The van der Waals surface area contributed by atoms with Crippen molar-refractivity contribution in [2.75, 3.05) is 13.1 Å². The van der Waals surface area contributed by atoms with Crippen molar-refractivity contribution in [3.63, 3.8) is 0 Å². The third-order valence-corrected chi connectivity index (χ3v) is 4.81. The summed E-state index contributed by atoms with van der Waals surface area (Å²) < 4.78 is 1.71. The minimum absolute atomic E-state index is 0.0696. The monoisotopic (exact) mass is 328 g/mol. The number of hydrogen-bond donors (Lipinski definition) is 1. The maximum atomic E-state index is 12.8. The molecular formula is C18H24N4O2. The number of carbonyl (C=O) groups is 1. The Balaban J connectivity index is 1.68. The van der Waals surface area contributed by atoms with Gasteiger partial charge in [-0.2, -0.15) is 5.10 Å². The highest BCUT2D eigenvalue weighted by molar-refractivity contribution is 5.80. The molecule has 0 unspecified atom stereocenters. The SMILES string of the molecule is CC[C@H](C(=O)N1CCC(O)(c2ccc(C)cn2)CC1)n1cccn1. The van der Waals surface area contributed by atoms with Crippen LogP contribution in [-0.2, 0) is 10.4 Å². The minimum atomic E-state index is -0.947. The molecule has 0 radical (unpaired) electrons. The summed E-state index contributed by atoms with van der Waals surface area (Å²) in [5.41, 5.74) is 0.817. The average molecular weight is 328 g/mol. The van der Waals surface area contributed by atoms with E-state index in [4.69, 9.17) is 0 Å². The van der Waals surface area contributed by atoms with E-state index in [1.165, 1.54) is 0 Å². The molecule has 3 rings (SSSR count). The van der Waals surface area contributed by atoms with E-state index in [1.807, 2.05) is 43.1 Å². The Bertz CT molecular complexity index is 674. The molecule has 2 aromatic rings. The highest BCUT2D eigenvalue weighted by atomic mass is 16.3. The molecule has 0 spiro atoms. The molecule has 1 atom stereocenters. The summed E-state index contributed by atoms with van der Waals surface area (Å²) in [6.45, 7) is 5.02. The van der Waals surface area contributed by atoms with Crippen molar-refractivity contribution in [2.24, 2.45) is 0 Å². The van der Waals surface area contributed by atoms with Crippen molar-refractivity contribution in [2.45, 2.75) is 44.8 Å². The van der Waals surface area contributed by atoms with Crippen LogP contribution < -0.4 is 0 Å². The maximum absolute atomic E-state index is 12.8. The Morgan fingerprint density at radius 2 is 2.12 bits per heavy atom. The number of likely N-dealkylation sites (tertiary alicyclic amines) is 1. The Labute approximate surface area is 142 Å². The van der Waals surface area contributed by atoms with Gasteiger partial charge < -0.3 is 10.0 Å². The van der Waals surface area contributed by atoms with E-state index in [1.54, 1.807) is 17.1 Å². The summed E-state index contributed by atoms with van der Waals surface area (Å²) in [5, 5.41) is 15.1. The number of aromatic nitrogens is 3. The molecule has 0 aromatic carbocycles. The summed E-state index contributed by atoms with van der Waals surface area (Å²) in [7, 11) is 0. The van der Waals surface area contributed by atoms with Gasteiger partial charge in [0.2, 0.25) is 5.91 Å². The highest BCUT2D eigenvalue weighted by Gasteiger charge is 2.38. The van der Waals surface area contributed by atoms with Crippen LogP contribution in [0.1, 0.15) is 43.5 Å². The first-order valence-corrected chi connectivity index (χ1v) is 8.47. The number of hydrogen-bond acceptors (Lipinski definition) is 4. The molecule has 1 saturated heterocycles. The standard InChI is InChI=1S/C18H24N4O2/c1-3-15(22-10-4-9-20-22)17(23)21-11-7-18(24,8-12-21)16-6-5-14(2)13-19-16/h4-6,9-10,13,15,24H,3,7-8,11-12H2,1-2H3/t15-/m1/s1. The van der Waals surface area contributed by atoms with Crippen molar-refractivity contribution in [1.82, 2.24) is 19.7 Å². The fourth-order valence-corrected chi connectivity index (χ4v) is 3.25. The molecule has 24 heavy (non-hydrogen) atoms. The number of aliphatic hydroxyl groups is 1. The van der Waals surface area contributed by atoms with Gasteiger partial charge in [-0.25, -0.2) is 0 Å². The molecule has 1 amide bonds. The van der Waals surface area contributed by atoms with Gasteiger partial charge in [-0.3, -0.25) is 14.5 Å². The molecule has 0 aliphatic carbocycles. The Kier molecular flexibility index (Phi) is 4.66. The lowest BCUT2D eigenvalue weighted by molar-refractivity contribution is -0.139. The van der Waals surface area contributed by atoms with Gasteiger partial charge >= 0.3 is 0 Å². The van der Waals surface area contributed by atoms with Gasteiger partial charge in [0.1, 0.15) is 11.6 Å². The smallest absolute Gasteiger partial charge is 0.247 e. The van der Waals surface area contributed by atoms with Crippen LogP contribution in [0.3, 0.4) is 0 Å². The summed E-state index contributed by atoms with van der Waals surface area (Å²) >= 11 is 0. The van der Waals surface area contributed by atoms with Crippen molar-refractivity contribution >= 4 is 5.91 Å². The lowest BCUT2D eigenvalue weighted by Crippen LogP contribution is -2.47. The van der Waals surface area contributed by atoms with Crippen LogP contribution >= 0.6 is 0 Å². The fraction of sp³-hybridized carbons (Fsp3) is 0.500. The first-order valence-electron chi connectivity index (χ1n) is 8.47. The number of pyridine rings is 1. The van der Waals surface area contributed by atoms with Gasteiger partial charge in [0, 0.05) is 31.7 Å². The van der Waals surface area contributed by atoms with Crippen LogP contribution in [0, 0.1) is 6.92 Å². The van der Waals surface area contributed by atoms with Crippen molar-refractivity contribution in [3.05, 3.63) is 48.0 Å². The van der Waals surface area contributed by atoms with E-state index in [2.05, 4.69) is 10.1 Å². The highest BCUT2D eigenvalue weighted by Crippen LogP contribution is 2.32. The second-order valence-electron chi connectivity index (χ2n) is 6.49. The molecule has 1 fully saturated rings. The molecule has 3 heterocycles. The second kappa shape index (κ2) is 6.73. The third-order valence-electron chi connectivity index (χ3n) is 4.81. The molecule has 6 heteroatoms. The zero-order valence-corrected chi connectivity index (χ0v) is 14.2. The van der Waals surface area contributed by atoms with E-state index < -0.39 is 5.60 Å². The molecule has 1 aliphatic heterocycles. The molecular weight excluding hydrogens is 304 g/mol. The van der Waals surface area contributed by atoms with E-state index in [0.29, 0.717) is 38.0 Å². The van der Waals surface area contributed by atoms with Gasteiger partial charge in [-0.15, -0.1) is 0 Å². The van der Waals surface area contributed by atoms with E-state index in [9.17, 15) is 9.90 Å². The number of piperidine rings is 1. The first kappa shape index (κ1) is 16.6. The third kappa shape index (κ3) is 3.19. The number of aryl methyl sites for hydroxylation is 1. The maximum Gasteiger partial charge on any atom is 0.247 e. The normalized spacial score (nSPS) is 18.4. The Morgan fingerprint density at radius 1 is 1.38 bits per heavy atom. The lowest BCUT2D eigenvalue weighted by Gasteiger charge is -2.39. The molecule has 1 aliphatic rings. The first-order chi connectivity index (χ1) is 11.5. The quantitative estimate of drug-likeness (QED) is 0.932. The van der Waals surface area contributed by atoms with Crippen molar-refractivity contribution in [1.29, 1.82) is 0 Å². The fourth-order valence-electron chi connectivity index (χ4n) is 3.25. The van der Waals surface area contributed by atoms with Crippen LogP contribution in [0.4, 0.5) is 0 Å². The van der Waals surface area contributed by atoms with E-state index in [-0.39, 0.29) is 11.9 Å². The zero-order chi connectivity index (χ0) is 17.2. The van der Waals surface area contributed by atoms with Crippen molar-refractivity contribution < 1.29 is 9.90 Å². The molecule has 0 saturated carbocycles. The number of rotatable bonds is 4. The van der Waals surface area contributed by atoms with Crippen LogP contribution in [0.15, 0.2) is 36.8 Å². The summed E-state index contributed by atoms with van der Waals surface area (Å²) in [4.78, 5) is 19.0. The zero-order valence-electron chi connectivity index (χ0n) is 14.2. The van der Waals surface area contributed by atoms with Gasteiger partial charge in [-0.05, 0) is 43.9 Å². The Morgan fingerprint density at radius 3 is 2.67 bits per heavy atom. The lowest BCUT2D eigenvalue weighted by atomic mass is 9.87. The number of carbonyl (C=O) groups excluding carboxylic acids is 1.